The minimum atomic E-state index is -1.26. The van der Waals surface area contributed by atoms with Gasteiger partial charge in [0.2, 0.25) is 17.7 Å². The van der Waals surface area contributed by atoms with E-state index in [2.05, 4.69) is 16.0 Å². The minimum Gasteiger partial charge on any atom is -0.492 e. The molecule has 0 spiro atoms. The number of aliphatic hydroxyl groups is 1. The van der Waals surface area contributed by atoms with Crippen molar-refractivity contribution in [3.05, 3.63) is 71.6 Å². The summed E-state index contributed by atoms with van der Waals surface area (Å²) in [5.74, 6) is -1.42. The summed E-state index contributed by atoms with van der Waals surface area (Å²) in [6, 6.07) is 10.3. The summed E-state index contributed by atoms with van der Waals surface area (Å²) < 4.78 is 19.9. The van der Waals surface area contributed by atoms with Crippen molar-refractivity contribution in [1.29, 1.82) is 0 Å². The first-order valence-electron chi connectivity index (χ1n) is 14.0. The van der Waals surface area contributed by atoms with Gasteiger partial charge in [0.25, 0.3) is 0 Å². The minimum absolute atomic E-state index is 0.0109. The van der Waals surface area contributed by atoms with Gasteiger partial charge in [-0.25, -0.2) is 4.39 Å². The van der Waals surface area contributed by atoms with E-state index in [4.69, 9.17) is 4.74 Å². The Bertz CT molecular complexity index is 1220. The summed E-state index contributed by atoms with van der Waals surface area (Å²) in [4.78, 5) is 41.7. The average Bonchev–Trinajstić information content (AvgIpc) is 2.94. The molecule has 0 aliphatic carbocycles. The van der Waals surface area contributed by atoms with E-state index in [9.17, 15) is 23.9 Å². The number of ether oxygens (including phenoxy) is 1. The highest BCUT2D eigenvalue weighted by Gasteiger charge is 2.37. The van der Waals surface area contributed by atoms with Crippen LogP contribution in [0.2, 0.25) is 0 Å². The fourth-order valence-corrected chi connectivity index (χ4v) is 4.80. The Hall–Kier alpha value is -3.76. The zero-order valence-corrected chi connectivity index (χ0v) is 24.1. The van der Waals surface area contributed by atoms with Gasteiger partial charge in [-0.3, -0.25) is 14.4 Å². The van der Waals surface area contributed by atoms with Crippen molar-refractivity contribution in [2.24, 2.45) is 5.92 Å². The van der Waals surface area contributed by atoms with Crippen LogP contribution in [0.3, 0.4) is 0 Å². The molecule has 4 N–H and O–H groups in total. The topological polar surface area (TPSA) is 120 Å². The van der Waals surface area contributed by atoms with E-state index in [1.807, 2.05) is 44.2 Å². The number of carbonyl (C=O) groups excluding carboxylic acids is 3. The lowest BCUT2D eigenvalue weighted by molar-refractivity contribution is -0.146. The van der Waals surface area contributed by atoms with Gasteiger partial charge in [0, 0.05) is 32.1 Å². The predicted octanol–water partition coefficient (Wildman–Crippen LogP) is 2.29. The number of hydrogen-bond acceptors (Lipinski definition) is 6. The van der Waals surface area contributed by atoms with E-state index < -0.39 is 41.9 Å². The van der Waals surface area contributed by atoms with Crippen molar-refractivity contribution in [3.8, 4) is 5.75 Å². The molecule has 10 heteroatoms. The first-order valence-corrected chi connectivity index (χ1v) is 14.0. The number of carbonyl (C=O) groups is 3. The maximum absolute atomic E-state index is 13.9. The van der Waals surface area contributed by atoms with Crippen LogP contribution in [-0.4, -0.2) is 78.7 Å². The van der Waals surface area contributed by atoms with Crippen molar-refractivity contribution >= 4 is 23.8 Å². The van der Waals surface area contributed by atoms with Crippen molar-refractivity contribution in [1.82, 2.24) is 20.9 Å². The third-order valence-corrected chi connectivity index (χ3v) is 7.27. The highest BCUT2D eigenvalue weighted by Crippen LogP contribution is 2.20. The Morgan fingerprint density at radius 2 is 1.85 bits per heavy atom. The van der Waals surface area contributed by atoms with E-state index >= 15 is 0 Å². The van der Waals surface area contributed by atoms with Crippen LogP contribution in [0.25, 0.3) is 6.08 Å². The SMILES string of the molecule is CCC(C)[C@@H]1NCCOc2ccccc2C=CCNC(=O)[C@@H](Cc2cccc(F)c2)NC(=O)[C@H](C(C)O)N(C)C1=O. The molecule has 2 aromatic carbocycles. The molecular formula is C31H41FN4O5. The number of halogens is 1. The molecule has 41 heavy (non-hydrogen) atoms. The lowest BCUT2D eigenvalue weighted by Crippen LogP contribution is -2.61. The van der Waals surface area contributed by atoms with Crippen LogP contribution < -0.4 is 20.7 Å². The molecule has 3 amide bonds. The van der Waals surface area contributed by atoms with Gasteiger partial charge in [0.05, 0.1) is 12.1 Å². The van der Waals surface area contributed by atoms with E-state index in [1.54, 1.807) is 12.1 Å². The van der Waals surface area contributed by atoms with E-state index in [0.717, 1.165) is 5.56 Å². The highest BCUT2D eigenvalue weighted by molar-refractivity contribution is 5.93. The molecule has 222 valence electrons. The number of aliphatic hydroxyl groups excluding tert-OH is 1. The number of para-hydroxylation sites is 1. The molecular weight excluding hydrogens is 527 g/mol. The molecule has 2 aromatic rings. The number of fused-ring (bicyclic) bond motifs is 1. The molecule has 0 bridgehead atoms. The smallest absolute Gasteiger partial charge is 0.246 e. The van der Waals surface area contributed by atoms with Gasteiger partial charge >= 0.3 is 0 Å². The molecule has 0 radical (unpaired) electrons. The molecule has 1 aliphatic heterocycles. The lowest BCUT2D eigenvalue weighted by atomic mass is 9.96. The Kier molecular flexibility index (Phi) is 11.9. The Labute approximate surface area is 241 Å². The molecule has 1 heterocycles. The number of hydrogen-bond donors (Lipinski definition) is 4. The second-order valence-corrected chi connectivity index (χ2v) is 10.4. The maximum atomic E-state index is 13.9. The van der Waals surface area contributed by atoms with Crippen LogP contribution in [-0.2, 0) is 20.8 Å². The summed E-state index contributed by atoms with van der Waals surface area (Å²) in [7, 11) is 1.47. The summed E-state index contributed by atoms with van der Waals surface area (Å²) in [6.45, 7) is 6.17. The van der Waals surface area contributed by atoms with Crippen molar-refractivity contribution in [2.75, 3.05) is 26.7 Å². The van der Waals surface area contributed by atoms with Crippen LogP contribution in [0, 0.1) is 11.7 Å². The molecule has 5 atom stereocenters. The molecule has 0 fully saturated rings. The van der Waals surface area contributed by atoms with E-state index in [1.165, 1.54) is 37.1 Å². The van der Waals surface area contributed by atoms with Crippen LogP contribution >= 0.6 is 0 Å². The molecule has 0 aromatic heterocycles. The van der Waals surface area contributed by atoms with E-state index in [0.29, 0.717) is 30.9 Å². The second kappa shape index (κ2) is 15.3. The quantitative estimate of drug-likeness (QED) is 0.440. The predicted molar refractivity (Wildman–Crippen MR) is 155 cm³/mol. The molecule has 3 rings (SSSR count). The number of nitrogens with one attached hydrogen (secondary N) is 3. The maximum Gasteiger partial charge on any atom is 0.246 e. The van der Waals surface area contributed by atoms with Gasteiger partial charge in [0.1, 0.15) is 30.3 Å². The second-order valence-electron chi connectivity index (χ2n) is 10.4. The Morgan fingerprint density at radius 3 is 2.56 bits per heavy atom. The number of nitrogens with zero attached hydrogens (tertiary/aromatic N) is 1. The standard InChI is InChI=1S/C31H41FN4O5/c1-5-20(2)27-31(40)36(4)28(21(3)37)30(39)35-25(19-22-10-8-13-24(32)18-22)29(38)34-15-9-12-23-11-6-7-14-26(23)41-17-16-33-27/h6-14,18,20-21,25,27-28,33,37H,5,15-17,19H2,1-4H3,(H,34,38)(H,35,39)/t20?,21?,25-,27+,28+/m1/s1. The zero-order chi connectivity index (χ0) is 29.9. The molecule has 0 saturated heterocycles. The number of likely N-dealkylation sites (N-methyl/N-ethyl adjacent to an activating group) is 1. The zero-order valence-electron chi connectivity index (χ0n) is 24.1. The van der Waals surface area contributed by atoms with Crippen molar-refractivity contribution in [2.45, 2.75) is 57.8 Å². The van der Waals surface area contributed by atoms with Gasteiger partial charge in [0.15, 0.2) is 0 Å². The summed E-state index contributed by atoms with van der Waals surface area (Å²) in [5, 5.41) is 19.3. The highest BCUT2D eigenvalue weighted by atomic mass is 19.1. The van der Waals surface area contributed by atoms with Crippen LogP contribution in [0.1, 0.15) is 38.3 Å². The number of rotatable bonds is 5. The molecule has 9 nitrogen and oxygen atoms in total. The first kappa shape index (κ1) is 31.8. The Morgan fingerprint density at radius 1 is 1.10 bits per heavy atom. The van der Waals surface area contributed by atoms with Gasteiger partial charge in [-0.05, 0) is 36.6 Å². The number of amides is 3. The van der Waals surface area contributed by atoms with Crippen molar-refractivity contribution < 1.29 is 28.6 Å². The van der Waals surface area contributed by atoms with Gasteiger partial charge < -0.3 is 30.7 Å². The van der Waals surface area contributed by atoms with Crippen LogP contribution in [0.5, 0.6) is 5.75 Å². The van der Waals surface area contributed by atoms with Gasteiger partial charge in [-0.1, -0.05) is 62.8 Å². The first-order chi connectivity index (χ1) is 19.6. The largest absolute Gasteiger partial charge is 0.492 e. The van der Waals surface area contributed by atoms with Crippen LogP contribution in [0.4, 0.5) is 4.39 Å². The molecule has 1 aliphatic rings. The average molecular weight is 569 g/mol. The van der Waals surface area contributed by atoms with E-state index in [-0.39, 0.29) is 24.8 Å². The normalized spacial score (nSPS) is 22.8. The summed E-state index contributed by atoms with van der Waals surface area (Å²) in [5.41, 5.74) is 1.33. The van der Waals surface area contributed by atoms with Crippen LogP contribution in [0.15, 0.2) is 54.6 Å². The Balaban J connectivity index is 1.96. The summed E-state index contributed by atoms with van der Waals surface area (Å²) in [6.07, 6.45) is 3.08. The van der Waals surface area contributed by atoms with Gasteiger partial charge in [-0.15, -0.1) is 0 Å². The monoisotopic (exact) mass is 568 g/mol. The summed E-state index contributed by atoms with van der Waals surface area (Å²) >= 11 is 0. The fraction of sp³-hybridized carbons (Fsp3) is 0.452. The molecule has 0 saturated carbocycles. The fourth-order valence-electron chi connectivity index (χ4n) is 4.80. The number of benzene rings is 2. The lowest BCUT2D eigenvalue weighted by Gasteiger charge is -2.35. The third-order valence-electron chi connectivity index (χ3n) is 7.27. The third kappa shape index (κ3) is 8.86. The molecule has 2 unspecified atom stereocenters. The van der Waals surface area contributed by atoms with Crippen molar-refractivity contribution in [3.63, 3.8) is 0 Å². The van der Waals surface area contributed by atoms with Gasteiger partial charge in [-0.2, -0.15) is 0 Å².